The summed E-state index contributed by atoms with van der Waals surface area (Å²) in [6.07, 6.45) is 3.18. The fourth-order valence-corrected chi connectivity index (χ4v) is 2.40. The molecule has 1 amide bonds. The molecule has 5 heteroatoms. The van der Waals surface area contributed by atoms with E-state index in [1.165, 1.54) is 17.3 Å². The molecule has 0 atom stereocenters. The fourth-order valence-electron chi connectivity index (χ4n) is 2.40. The van der Waals surface area contributed by atoms with Gasteiger partial charge in [-0.15, -0.1) is 0 Å². The van der Waals surface area contributed by atoms with Gasteiger partial charge in [0.1, 0.15) is 5.69 Å². The summed E-state index contributed by atoms with van der Waals surface area (Å²) in [5.74, 6) is -0.192. The van der Waals surface area contributed by atoms with E-state index in [9.17, 15) is 4.79 Å². The minimum atomic E-state index is -0.192. The molecule has 18 heavy (non-hydrogen) atoms. The van der Waals surface area contributed by atoms with Crippen LogP contribution in [0.2, 0.25) is 0 Å². The SMILES string of the molecule is Nc1cn[nH]c1C(=O)NC1Cc2ccccc2C1. The number of aromatic amines is 1. The smallest absolute Gasteiger partial charge is 0.271 e. The average molecular weight is 242 g/mol. The van der Waals surface area contributed by atoms with Crippen molar-refractivity contribution < 1.29 is 4.79 Å². The molecular weight excluding hydrogens is 228 g/mol. The number of anilines is 1. The summed E-state index contributed by atoms with van der Waals surface area (Å²) in [6, 6.07) is 8.39. The van der Waals surface area contributed by atoms with E-state index in [4.69, 9.17) is 5.73 Å². The van der Waals surface area contributed by atoms with Gasteiger partial charge in [-0.3, -0.25) is 9.89 Å². The molecule has 4 N–H and O–H groups in total. The van der Waals surface area contributed by atoms with Crippen molar-refractivity contribution >= 4 is 11.6 Å². The van der Waals surface area contributed by atoms with Crippen molar-refractivity contribution in [2.45, 2.75) is 18.9 Å². The highest BCUT2D eigenvalue weighted by atomic mass is 16.2. The van der Waals surface area contributed by atoms with Crippen molar-refractivity contribution in [1.29, 1.82) is 0 Å². The molecule has 2 aromatic rings. The molecule has 1 aromatic carbocycles. The second-order valence-corrected chi connectivity index (χ2v) is 4.55. The Balaban J connectivity index is 1.70. The number of nitrogen functional groups attached to an aromatic ring is 1. The second kappa shape index (κ2) is 4.18. The van der Waals surface area contributed by atoms with Gasteiger partial charge in [0.15, 0.2) is 0 Å². The van der Waals surface area contributed by atoms with Gasteiger partial charge >= 0.3 is 0 Å². The van der Waals surface area contributed by atoms with E-state index >= 15 is 0 Å². The molecule has 0 unspecified atom stereocenters. The van der Waals surface area contributed by atoms with Gasteiger partial charge in [-0.1, -0.05) is 24.3 Å². The number of aromatic nitrogens is 2. The molecule has 1 aliphatic rings. The van der Waals surface area contributed by atoms with E-state index in [0.29, 0.717) is 11.4 Å². The molecule has 3 rings (SSSR count). The lowest BCUT2D eigenvalue weighted by molar-refractivity contribution is 0.0934. The summed E-state index contributed by atoms with van der Waals surface area (Å²) in [7, 11) is 0. The van der Waals surface area contributed by atoms with E-state index in [1.807, 2.05) is 12.1 Å². The van der Waals surface area contributed by atoms with Crippen LogP contribution in [0.25, 0.3) is 0 Å². The van der Waals surface area contributed by atoms with Crippen LogP contribution in [0.3, 0.4) is 0 Å². The summed E-state index contributed by atoms with van der Waals surface area (Å²) in [5, 5.41) is 9.34. The van der Waals surface area contributed by atoms with Crippen molar-refractivity contribution in [2.75, 3.05) is 5.73 Å². The molecule has 0 fully saturated rings. The number of nitrogens with zero attached hydrogens (tertiary/aromatic N) is 1. The number of nitrogens with two attached hydrogens (primary N) is 1. The molecule has 0 bridgehead atoms. The van der Waals surface area contributed by atoms with Crippen LogP contribution in [0, 0.1) is 0 Å². The van der Waals surface area contributed by atoms with Crippen LogP contribution in [0.1, 0.15) is 21.6 Å². The molecule has 1 aromatic heterocycles. The summed E-state index contributed by atoms with van der Waals surface area (Å²) < 4.78 is 0. The van der Waals surface area contributed by atoms with Gasteiger partial charge < -0.3 is 11.1 Å². The summed E-state index contributed by atoms with van der Waals surface area (Å²) in [6.45, 7) is 0. The Kier molecular flexibility index (Phi) is 2.51. The Morgan fingerprint density at radius 2 is 2.00 bits per heavy atom. The molecule has 1 heterocycles. The third-order valence-corrected chi connectivity index (χ3v) is 3.28. The first kappa shape index (κ1) is 10.8. The molecule has 0 saturated carbocycles. The maximum Gasteiger partial charge on any atom is 0.271 e. The topological polar surface area (TPSA) is 83.8 Å². The minimum Gasteiger partial charge on any atom is -0.396 e. The number of nitrogens with one attached hydrogen (secondary N) is 2. The zero-order valence-electron chi connectivity index (χ0n) is 9.81. The molecule has 0 spiro atoms. The summed E-state index contributed by atoms with van der Waals surface area (Å²) in [5.41, 5.74) is 8.97. The Morgan fingerprint density at radius 3 is 2.56 bits per heavy atom. The Bertz CT molecular complexity index is 565. The zero-order chi connectivity index (χ0) is 12.5. The lowest BCUT2D eigenvalue weighted by Crippen LogP contribution is -2.35. The standard InChI is InChI=1S/C13H14N4O/c14-11-7-15-17-12(11)13(18)16-10-5-8-3-1-2-4-9(8)6-10/h1-4,7,10H,5-6,14H2,(H,15,17)(H,16,18). The van der Waals surface area contributed by atoms with Gasteiger partial charge in [-0.25, -0.2) is 0 Å². The van der Waals surface area contributed by atoms with Gasteiger partial charge in [-0.05, 0) is 24.0 Å². The van der Waals surface area contributed by atoms with Gasteiger partial charge in [0.05, 0.1) is 11.9 Å². The zero-order valence-corrected chi connectivity index (χ0v) is 9.81. The number of carbonyl (C=O) groups is 1. The second-order valence-electron chi connectivity index (χ2n) is 4.55. The molecule has 1 aliphatic carbocycles. The van der Waals surface area contributed by atoms with Crippen molar-refractivity contribution in [3.05, 3.63) is 47.3 Å². The van der Waals surface area contributed by atoms with Crippen LogP contribution in [-0.4, -0.2) is 22.1 Å². The summed E-state index contributed by atoms with van der Waals surface area (Å²) in [4.78, 5) is 12.0. The first-order valence-electron chi connectivity index (χ1n) is 5.90. The average Bonchev–Trinajstić information content (AvgIpc) is 2.94. The number of carbonyl (C=O) groups excluding carboxylic acids is 1. The van der Waals surface area contributed by atoms with Gasteiger partial charge in [0.25, 0.3) is 5.91 Å². The number of amides is 1. The highest BCUT2D eigenvalue weighted by Crippen LogP contribution is 2.22. The molecule has 5 nitrogen and oxygen atoms in total. The lowest BCUT2D eigenvalue weighted by atomic mass is 10.1. The van der Waals surface area contributed by atoms with Crippen molar-refractivity contribution in [2.24, 2.45) is 0 Å². The number of hydrogen-bond acceptors (Lipinski definition) is 3. The Hall–Kier alpha value is -2.30. The van der Waals surface area contributed by atoms with Crippen LogP contribution < -0.4 is 11.1 Å². The summed E-state index contributed by atoms with van der Waals surface area (Å²) >= 11 is 0. The van der Waals surface area contributed by atoms with E-state index < -0.39 is 0 Å². The minimum absolute atomic E-state index is 0.137. The van der Waals surface area contributed by atoms with Crippen molar-refractivity contribution in [1.82, 2.24) is 15.5 Å². The predicted octanol–water partition coefficient (Wildman–Crippen LogP) is 0.889. The van der Waals surface area contributed by atoms with Crippen LogP contribution >= 0.6 is 0 Å². The predicted molar refractivity (Wildman–Crippen MR) is 68.1 cm³/mol. The molecule has 92 valence electrons. The number of rotatable bonds is 2. The van der Waals surface area contributed by atoms with Gasteiger partial charge in [-0.2, -0.15) is 5.10 Å². The molecular formula is C13H14N4O. The molecule has 0 saturated heterocycles. The van der Waals surface area contributed by atoms with E-state index in [-0.39, 0.29) is 11.9 Å². The Labute approximate surface area is 104 Å². The number of H-pyrrole nitrogens is 1. The van der Waals surface area contributed by atoms with E-state index in [1.54, 1.807) is 0 Å². The lowest BCUT2D eigenvalue weighted by Gasteiger charge is -2.11. The molecule has 0 radical (unpaired) electrons. The van der Waals surface area contributed by atoms with E-state index in [0.717, 1.165) is 12.8 Å². The maximum absolute atomic E-state index is 12.0. The van der Waals surface area contributed by atoms with E-state index in [2.05, 4.69) is 27.6 Å². The van der Waals surface area contributed by atoms with Crippen LogP contribution in [-0.2, 0) is 12.8 Å². The first-order valence-corrected chi connectivity index (χ1v) is 5.90. The van der Waals surface area contributed by atoms with Crippen molar-refractivity contribution in [3.8, 4) is 0 Å². The number of benzene rings is 1. The normalized spacial score (nSPS) is 14.4. The first-order chi connectivity index (χ1) is 8.74. The van der Waals surface area contributed by atoms with Gasteiger partial charge in [0.2, 0.25) is 0 Å². The largest absolute Gasteiger partial charge is 0.396 e. The maximum atomic E-state index is 12.0. The van der Waals surface area contributed by atoms with Crippen molar-refractivity contribution in [3.63, 3.8) is 0 Å². The quantitative estimate of drug-likeness (QED) is 0.731. The van der Waals surface area contributed by atoms with Gasteiger partial charge in [0, 0.05) is 6.04 Å². The number of fused-ring (bicyclic) bond motifs is 1. The van der Waals surface area contributed by atoms with Crippen LogP contribution in [0.4, 0.5) is 5.69 Å². The highest BCUT2D eigenvalue weighted by Gasteiger charge is 2.23. The Morgan fingerprint density at radius 1 is 1.33 bits per heavy atom. The molecule has 0 aliphatic heterocycles. The van der Waals surface area contributed by atoms with Crippen LogP contribution in [0.15, 0.2) is 30.5 Å². The fraction of sp³-hybridized carbons (Fsp3) is 0.231. The highest BCUT2D eigenvalue weighted by molar-refractivity contribution is 5.97. The third-order valence-electron chi connectivity index (χ3n) is 3.28. The third kappa shape index (κ3) is 1.84. The number of hydrogen-bond donors (Lipinski definition) is 3. The monoisotopic (exact) mass is 242 g/mol. The van der Waals surface area contributed by atoms with Crippen LogP contribution in [0.5, 0.6) is 0 Å².